The molecular formula is C12H14N4O2. The summed E-state index contributed by atoms with van der Waals surface area (Å²) in [5.74, 6) is 0.303. The Balaban J connectivity index is 2.21. The van der Waals surface area contributed by atoms with Gasteiger partial charge in [-0.1, -0.05) is 6.07 Å². The normalized spacial score (nSPS) is 10.1. The minimum atomic E-state index is -0.272. The molecule has 1 heterocycles. The Kier molecular flexibility index (Phi) is 3.59. The van der Waals surface area contributed by atoms with Crippen LogP contribution in [0.15, 0.2) is 30.5 Å². The van der Waals surface area contributed by atoms with Gasteiger partial charge in [-0.05, 0) is 23.8 Å². The second kappa shape index (κ2) is 5.33. The summed E-state index contributed by atoms with van der Waals surface area (Å²) in [6.07, 6.45) is 1.52. The molecule has 0 fully saturated rings. The van der Waals surface area contributed by atoms with E-state index in [0.717, 1.165) is 5.56 Å². The molecule has 1 aromatic heterocycles. The second-order valence-corrected chi connectivity index (χ2v) is 3.66. The molecule has 4 N–H and O–H groups in total. The maximum Gasteiger partial charge on any atom is 0.273 e. The fraction of sp³-hybridized carbons (Fsp3) is 0.167. The van der Waals surface area contributed by atoms with Gasteiger partial charge in [0.25, 0.3) is 5.91 Å². The zero-order valence-corrected chi connectivity index (χ0v) is 9.93. The molecule has 0 aliphatic carbocycles. The van der Waals surface area contributed by atoms with Crippen molar-refractivity contribution in [2.45, 2.75) is 6.54 Å². The molecule has 1 amide bonds. The molecule has 0 aliphatic rings. The lowest BCUT2D eigenvalue weighted by atomic mass is 10.2. The highest BCUT2D eigenvalue weighted by atomic mass is 16.5. The molecule has 0 spiro atoms. The highest BCUT2D eigenvalue weighted by Crippen LogP contribution is 2.25. The number of carbonyl (C=O) groups excluding carboxylic acids is 1. The first-order valence-corrected chi connectivity index (χ1v) is 5.42. The van der Waals surface area contributed by atoms with Gasteiger partial charge in [0.1, 0.15) is 11.4 Å². The average molecular weight is 246 g/mol. The zero-order chi connectivity index (χ0) is 13.0. The molecule has 6 nitrogen and oxygen atoms in total. The van der Waals surface area contributed by atoms with Gasteiger partial charge in [0.05, 0.1) is 12.8 Å². The summed E-state index contributed by atoms with van der Waals surface area (Å²) in [5, 5.41) is 9.05. The molecular weight excluding hydrogens is 232 g/mol. The van der Waals surface area contributed by atoms with Crippen LogP contribution in [0.25, 0.3) is 0 Å². The van der Waals surface area contributed by atoms with E-state index in [9.17, 15) is 4.79 Å². The molecule has 0 saturated heterocycles. The summed E-state index contributed by atoms with van der Waals surface area (Å²) in [7, 11) is 1.54. The SMILES string of the molecule is COc1cc(CN)ccc1NC(=O)c1ccn[nH]1. The number of ether oxygens (including phenoxy) is 1. The van der Waals surface area contributed by atoms with Gasteiger partial charge in [-0.25, -0.2) is 0 Å². The van der Waals surface area contributed by atoms with E-state index < -0.39 is 0 Å². The van der Waals surface area contributed by atoms with Crippen LogP contribution in [-0.2, 0) is 6.54 Å². The predicted molar refractivity (Wildman–Crippen MR) is 67.4 cm³/mol. The van der Waals surface area contributed by atoms with Crippen molar-refractivity contribution in [3.63, 3.8) is 0 Å². The van der Waals surface area contributed by atoms with Gasteiger partial charge in [0.2, 0.25) is 0 Å². The van der Waals surface area contributed by atoms with E-state index in [0.29, 0.717) is 23.7 Å². The Hall–Kier alpha value is -2.34. The van der Waals surface area contributed by atoms with E-state index in [2.05, 4.69) is 15.5 Å². The molecule has 0 atom stereocenters. The molecule has 0 saturated carbocycles. The molecule has 2 aromatic rings. The molecule has 0 radical (unpaired) electrons. The van der Waals surface area contributed by atoms with E-state index in [1.807, 2.05) is 6.07 Å². The van der Waals surface area contributed by atoms with Gasteiger partial charge in [-0.2, -0.15) is 5.10 Å². The van der Waals surface area contributed by atoms with Crippen molar-refractivity contribution in [1.82, 2.24) is 10.2 Å². The van der Waals surface area contributed by atoms with E-state index >= 15 is 0 Å². The van der Waals surface area contributed by atoms with E-state index in [1.54, 1.807) is 25.3 Å². The second-order valence-electron chi connectivity index (χ2n) is 3.66. The van der Waals surface area contributed by atoms with Crippen LogP contribution in [0.3, 0.4) is 0 Å². The van der Waals surface area contributed by atoms with E-state index in [-0.39, 0.29) is 5.91 Å². The minimum Gasteiger partial charge on any atom is -0.495 e. The summed E-state index contributed by atoms with van der Waals surface area (Å²) < 4.78 is 5.21. The summed E-state index contributed by atoms with van der Waals surface area (Å²) in [5.41, 5.74) is 7.46. The Labute approximate surface area is 104 Å². The largest absolute Gasteiger partial charge is 0.495 e. The van der Waals surface area contributed by atoms with Crippen LogP contribution in [0.5, 0.6) is 5.75 Å². The van der Waals surface area contributed by atoms with Crippen LogP contribution in [0, 0.1) is 0 Å². The van der Waals surface area contributed by atoms with Crippen molar-refractivity contribution in [1.29, 1.82) is 0 Å². The number of carbonyl (C=O) groups is 1. The molecule has 6 heteroatoms. The number of amides is 1. The van der Waals surface area contributed by atoms with Crippen LogP contribution in [0.2, 0.25) is 0 Å². The third-order valence-corrected chi connectivity index (χ3v) is 2.50. The van der Waals surface area contributed by atoms with Crippen LogP contribution in [0.4, 0.5) is 5.69 Å². The maximum absolute atomic E-state index is 11.8. The van der Waals surface area contributed by atoms with Crippen LogP contribution < -0.4 is 15.8 Å². The van der Waals surface area contributed by atoms with Crippen LogP contribution in [0.1, 0.15) is 16.1 Å². The van der Waals surface area contributed by atoms with Gasteiger partial charge in [0, 0.05) is 12.7 Å². The third kappa shape index (κ3) is 2.49. The Morgan fingerprint density at radius 3 is 2.94 bits per heavy atom. The quantitative estimate of drug-likeness (QED) is 0.753. The summed E-state index contributed by atoms with van der Waals surface area (Å²) in [6.45, 7) is 0.422. The molecule has 0 aliphatic heterocycles. The highest BCUT2D eigenvalue weighted by molar-refractivity contribution is 6.03. The first-order valence-electron chi connectivity index (χ1n) is 5.42. The topological polar surface area (TPSA) is 93.0 Å². The number of aromatic amines is 1. The molecule has 0 bridgehead atoms. The van der Waals surface area contributed by atoms with Gasteiger partial charge >= 0.3 is 0 Å². The number of nitrogens with one attached hydrogen (secondary N) is 2. The standard InChI is InChI=1S/C12H14N4O2/c1-18-11-6-8(7-13)2-3-9(11)15-12(17)10-4-5-14-16-10/h2-6H,7,13H2,1H3,(H,14,16)(H,15,17). The lowest BCUT2D eigenvalue weighted by molar-refractivity contribution is 0.102. The number of aromatic nitrogens is 2. The average Bonchev–Trinajstić information content (AvgIpc) is 2.93. The maximum atomic E-state index is 11.8. The number of rotatable bonds is 4. The predicted octanol–water partition coefficient (Wildman–Crippen LogP) is 1.13. The van der Waals surface area contributed by atoms with Gasteiger partial charge in [0.15, 0.2) is 0 Å². The zero-order valence-electron chi connectivity index (χ0n) is 9.93. The first-order chi connectivity index (χ1) is 8.74. The van der Waals surface area contributed by atoms with Crippen molar-refractivity contribution in [2.24, 2.45) is 5.73 Å². The third-order valence-electron chi connectivity index (χ3n) is 2.50. The number of hydrogen-bond donors (Lipinski definition) is 3. The monoisotopic (exact) mass is 246 g/mol. The van der Waals surface area contributed by atoms with Gasteiger partial charge in [-0.15, -0.1) is 0 Å². The Morgan fingerprint density at radius 1 is 1.50 bits per heavy atom. The Morgan fingerprint density at radius 2 is 2.33 bits per heavy atom. The number of nitrogens with two attached hydrogens (primary N) is 1. The first kappa shape index (κ1) is 12.1. The number of benzene rings is 1. The number of nitrogens with zero attached hydrogens (tertiary/aromatic N) is 1. The molecule has 1 aromatic carbocycles. The molecule has 18 heavy (non-hydrogen) atoms. The van der Waals surface area contributed by atoms with Gasteiger partial charge in [-0.3, -0.25) is 9.89 Å². The molecule has 94 valence electrons. The Bertz CT molecular complexity index is 537. The fourth-order valence-electron chi connectivity index (χ4n) is 1.54. The van der Waals surface area contributed by atoms with Crippen molar-refractivity contribution in [3.8, 4) is 5.75 Å². The lowest BCUT2D eigenvalue weighted by Gasteiger charge is -2.10. The van der Waals surface area contributed by atoms with E-state index in [1.165, 1.54) is 6.20 Å². The number of H-pyrrole nitrogens is 1. The molecule has 2 rings (SSSR count). The minimum absolute atomic E-state index is 0.272. The lowest BCUT2D eigenvalue weighted by Crippen LogP contribution is -2.13. The molecule has 0 unspecified atom stereocenters. The summed E-state index contributed by atoms with van der Waals surface area (Å²) >= 11 is 0. The smallest absolute Gasteiger partial charge is 0.273 e. The van der Waals surface area contributed by atoms with Crippen LogP contribution >= 0.6 is 0 Å². The number of methoxy groups -OCH3 is 1. The summed E-state index contributed by atoms with van der Waals surface area (Å²) in [6, 6.07) is 6.99. The van der Waals surface area contributed by atoms with Gasteiger partial charge < -0.3 is 15.8 Å². The van der Waals surface area contributed by atoms with Crippen LogP contribution in [-0.4, -0.2) is 23.2 Å². The van der Waals surface area contributed by atoms with Crippen molar-refractivity contribution < 1.29 is 9.53 Å². The fourth-order valence-corrected chi connectivity index (χ4v) is 1.54. The van der Waals surface area contributed by atoms with Crippen molar-refractivity contribution >= 4 is 11.6 Å². The van der Waals surface area contributed by atoms with Crippen molar-refractivity contribution in [2.75, 3.05) is 12.4 Å². The number of hydrogen-bond acceptors (Lipinski definition) is 4. The van der Waals surface area contributed by atoms with E-state index in [4.69, 9.17) is 10.5 Å². The number of anilines is 1. The van der Waals surface area contributed by atoms with Crippen molar-refractivity contribution in [3.05, 3.63) is 41.7 Å². The summed E-state index contributed by atoms with van der Waals surface area (Å²) in [4.78, 5) is 11.8. The highest BCUT2D eigenvalue weighted by Gasteiger charge is 2.10.